The lowest BCUT2D eigenvalue weighted by Crippen LogP contribution is -2.40. The SMILES string of the molecule is CC(C)(C)OC(=O)N[C@H]1CCN(c2cc(Cl)nc3cc([C@@H]4CCCCN4C(=O)c4cc(Cl)ccc4NS(C)(=O)=O)nn23)C1. The van der Waals surface area contributed by atoms with E-state index >= 15 is 0 Å². The standard InChI is InChI=1S/C28H35Cl2N7O5S/c1-28(2,3)42-27(39)31-18-10-12-35(16-18)25-15-23(30)32-24-14-21(33-37(24)25)22-7-5-6-11-36(22)26(38)19-13-17(29)8-9-20(19)34-43(4,40)41/h8-9,13-15,18,22,34H,5-7,10-12,16H2,1-4H3,(H,31,39)/t18-,22-/m0/s1. The Balaban J connectivity index is 1.42. The number of alkyl carbamates (subject to hydrolysis) is 1. The van der Waals surface area contributed by atoms with E-state index in [2.05, 4.69) is 19.9 Å². The fourth-order valence-electron chi connectivity index (χ4n) is 5.51. The van der Waals surface area contributed by atoms with Crippen LogP contribution in [-0.4, -0.2) is 77.4 Å². The first-order chi connectivity index (χ1) is 20.2. The van der Waals surface area contributed by atoms with E-state index in [1.54, 1.807) is 15.5 Å². The molecule has 4 heterocycles. The van der Waals surface area contributed by atoms with Gasteiger partial charge in [-0.3, -0.25) is 9.52 Å². The molecule has 0 radical (unpaired) electrons. The van der Waals surface area contributed by atoms with Crippen LogP contribution < -0.4 is 14.9 Å². The number of hydrogen-bond donors (Lipinski definition) is 2. The lowest BCUT2D eigenvalue weighted by Gasteiger charge is -2.35. The number of benzene rings is 1. The number of carbonyl (C=O) groups excluding carboxylic acids is 2. The molecule has 0 saturated carbocycles. The topological polar surface area (TPSA) is 138 Å². The molecule has 3 aromatic rings. The number of carbonyl (C=O) groups is 2. The molecule has 2 aromatic heterocycles. The molecule has 12 nitrogen and oxygen atoms in total. The molecule has 5 rings (SSSR count). The van der Waals surface area contributed by atoms with Gasteiger partial charge < -0.3 is 19.9 Å². The summed E-state index contributed by atoms with van der Waals surface area (Å²) in [5, 5.41) is 8.44. The summed E-state index contributed by atoms with van der Waals surface area (Å²) in [4.78, 5) is 34.5. The average molecular weight is 653 g/mol. The van der Waals surface area contributed by atoms with E-state index in [1.165, 1.54) is 18.2 Å². The van der Waals surface area contributed by atoms with E-state index in [4.69, 9.17) is 33.0 Å². The maximum absolute atomic E-state index is 13.9. The van der Waals surface area contributed by atoms with Gasteiger partial charge in [0.25, 0.3) is 5.91 Å². The molecule has 15 heteroatoms. The highest BCUT2D eigenvalue weighted by molar-refractivity contribution is 7.92. The number of sulfonamides is 1. The number of aromatic nitrogens is 3. The third-order valence-electron chi connectivity index (χ3n) is 7.24. The Labute approximate surface area is 260 Å². The van der Waals surface area contributed by atoms with Crippen LogP contribution in [0.2, 0.25) is 10.2 Å². The number of amides is 2. The van der Waals surface area contributed by atoms with Gasteiger partial charge in [-0.25, -0.2) is 18.2 Å². The molecular formula is C28H35Cl2N7O5S. The summed E-state index contributed by atoms with van der Waals surface area (Å²) in [7, 11) is -3.63. The second-order valence-electron chi connectivity index (χ2n) is 11.9. The first-order valence-corrected chi connectivity index (χ1v) is 16.7. The Kier molecular flexibility index (Phi) is 8.70. The van der Waals surface area contributed by atoms with Gasteiger partial charge >= 0.3 is 6.09 Å². The van der Waals surface area contributed by atoms with Crippen molar-refractivity contribution >= 4 is 62.4 Å². The van der Waals surface area contributed by atoms with Crippen LogP contribution in [0.1, 0.15) is 68.5 Å². The van der Waals surface area contributed by atoms with Gasteiger partial charge in [0.15, 0.2) is 5.65 Å². The Hall–Kier alpha value is -3.29. The van der Waals surface area contributed by atoms with Gasteiger partial charge in [-0.2, -0.15) is 9.61 Å². The van der Waals surface area contributed by atoms with Crippen molar-refractivity contribution < 1.29 is 22.7 Å². The van der Waals surface area contributed by atoms with Gasteiger partial charge in [0.05, 0.1) is 35.3 Å². The van der Waals surface area contributed by atoms with Gasteiger partial charge in [0.1, 0.15) is 16.6 Å². The van der Waals surface area contributed by atoms with Crippen LogP contribution in [0.15, 0.2) is 30.3 Å². The summed E-state index contributed by atoms with van der Waals surface area (Å²) in [6, 6.07) is 7.56. The van der Waals surface area contributed by atoms with E-state index in [-0.39, 0.29) is 29.2 Å². The van der Waals surface area contributed by atoms with Crippen molar-refractivity contribution in [2.75, 3.05) is 35.5 Å². The summed E-state index contributed by atoms with van der Waals surface area (Å²) in [6.45, 7) is 7.11. The number of piperidine rings is 1. The van der Waals surface area contributed by atoms with Crippen LogP contribution in [0.4, 0.5) is 16.3 Å². The van der Waals surface area contributed by atoms with E-state index in [9.17, 15) is 18.0 Å². The molecule has 0 spiro atoms. The number of rotatable bonds is 6. The van der Waals surface area contributed by atoms with Crippen LogP contribution in [0.3, 0.4) is 0 Å². The van der Waals surface area contributed by atoms with E-state index in [0.29, 0.717) is 54.0 Å². The molecule has 43 heavy (non-hydrogen) atoms. The largest absolute Gasteiger partial charge is 0.444 e. The van der Waals surface area contributed by atoms with Crippen molar-refractivity contribution in [2.24, 2.45) is 0 Å². The van der Waals surface area contributed by atoms with Crippen molar-refractivity contribution in [1.29, 1.82) is 0 Å². The minimum Gasteiger partial charge on any atom is -0.444 e. The van der Waals surface area contributed by atoms with Crippen molar-refractivity contribution in [3.8, 4) is 0 Å². The molecule has 0 unspecified atom stereocenters. The molecule has 0 bridgehead atoms. The molecule has 2 aliphatic heterocycles. The van der Waals surface area contributed by atoms with Crippen LogP contribution in [-0.2, 0) is 14.8 Å². The summed E-state index contributed by atoms with van der Waals surface area (Å²) < 4.78 is 33.5. The zero-order chi connectivity index (χ0) is 31.1. The monoisotopic (exact) mass is 651 g/mol. The normalized spacial score (nSPS) is 19.5. The number of anilines is 2. The second-order valence-corrected chi connectivity index (χ2v) is 14.5. The summed E-state index contributed by atoms with van der Waals surface area (Å²) >= 11 is 12.7. The number of halogens is 2. The van der Waals surface area contributed by atoms with Gasteiger partial charge in [0, 0.05) is 36.8 Å². The van der Waals surface area contributed by atoms with Crippen molar-refractivity contribution in [3.63, 3.8) is 0 Å². The summed E-state index contributed by atoms with van der Waals surface area (Å²) in [5.74, 6) is 0.370. The fourth-order valence-corrected chi connectivity index (χ4v) is 6.45. The highest BCUT2D eigenvalue weighted by Crippen LogP contribution is 2.35. The Morgan fingerprint density at radius 1 is 1.07 bits per heavy atom. The predicted molar refractivity (Wildman–Crippen MR) is 166 cm³/mol. The molecule has 2 aliphatic rings. The van der Waals surface area contributed by atoms with E-state index < -0.39 is 21.7 Å². The first kappa shape index (κ1) is 31.1. The molecule has 2 N–H and O–H groups in total. The third kappa shape index (κ3) is 7.44. The Bertz CT molecular complexity index is 1660. The smallest absolute Gasteiger partial charge is 0.407 e. The zero-order valence-electron chi connectivity index (χ0n) is 24.4. The van der Waals surface area contributed by atoms with E-state index in [1.807, 2.05) is 26.8 Å². The molecular weight excluding hydrogens is 617 g/mol. The van der Waals surface area contributed by atoms with Crippen molar-refractivity contribution in [3.05, 3.63) is 51.8 Å². The van der Waals surface area contributed by atoms with Crippen molar-refractivity contribution in [1.82, 2.24) is 24.8 Å². The van der Waals surface area contributed by atoms with Gasteiger partial charge in [-0.1, -0.05) is 23.2 Å². The van der Waals surface area contributed by atoms with Crippen LogP contribution in [0.5, 0.6) is 0 Å². The number of nitrogens with one attached hydrogen (secondary N) is 2. The lowest BCUT2D eigenvalue weighted by atomic mass is 9.98. The molecule has 2 fully saturated rings. The highest BCUT2D eigenvalue weighted by Gasteiger charge is 2.33. The molecule has 2 saturated heterocycles. The number of likely N-dealkylation sites (tertiary alicyclic amines) is 1. The maximum atomic E-state index is 13.9. The fraction of sp³-hybridized carbons (Fsp3) is 0.500. The number of hydrogen-bond acceptors (Lipinski definition) is 8. The number of fused-ring (bicyclic) bond motifs is 1. The quantitative estimate of drug-likeness (QED) is 0.360. The molecule has 2 atom stereocenters. The lowest BCUT2D eigenvalue weighted by molar-refractivity contribution is 0.0508. The molecule has 2 amide bonds. The van der Waals surface area contributed by atoms with Crippen LogP contribution in [0, 0.1) is 0 Å². The Morgan fingerprint density at radius 2 is 1.84 bits per heavy atom. The number of ether oxygens (including phenoxy) is 1. The van der Waals surface area contributed by atoms with Crippen molar-refractivity contribution in [2.45, 2.75) is 64.1 Å². The van der Waals surface area contributed by atoms with Crippen LogP contribution in [0.25, 0.3) is 5.65 Å². The molecule has 232 valence electrons. The second kappa shape index (κ2) is 12.0. The van der Waals surface area contributed by atoms with Gasteiger partial charge in [-0.15, -0.1) is 0 Å². The van der Waals surface area contributed by atoms with E-state index in [0.717, 1.165) is 24.9 Å². The average Bonchev–Trinajstić information content (AvgIpc) is 3.54. The highest BCUT2D eigenvalue weighted by atomic mass is 35.5. The van der Waals surface area contributed by atoms with Crippen LogP contribution >= 0.6 is 23.2 Å². The zero-order valence-corrected chi connectivity index (χ0v) is 26.8. The summed E-state index contributed by atoms with van der Waals surface area (Å²) in [5.41, 5.74) is 0.908. The predicted octanol–water partition coefficient (Wildman–Crippen LogP) is 4.88. The maximum Gasteiger partial charge on any atom is 0.407 e. The number of nitrogens with zero attached hydrogens (tertiary/aromatic N) is 5. The van der Waals surface area contributed by atoms with Gasteiger partial charge in [0.2, 0.25) is 10.0 Å². The minimum absolute atomic E-state index is 0.120. The van der Waals surface area contributed by atoms with Gasteiger partial charge in [-0.05, 0) is 64.7 Å². The minimum atomic E-state index is -3.63. The Morgan fingerprint density at radius 3 is 2.56 bits per heavy atom. The molecule has 0 aliphatic carbocycles. The third-order valence-corrected chi connectivity index (χ3v) is 8.26. The first-order valence-electron chi connectivity index (χ1n) is 14.1. The molecule has 1 aromatic carbocycles. The summed E-state index contributed by atoms with van der Waals surface area (Å²) in [6.07, 6.45) is 3.62.